The van der Waals surface area contributed by atoms with Crippen molar-refractivity contribution in [3.8, 4) is 0 Å². The predicted octanol–water partition coefficient (Wildman–Crippen LogP) is 4.94. The molecule has 17 heavy (non-hydrogen) atoms. The first kappa shape index (κ1) is 12.4. The largest absolute Gasteiger partial charge is 0.252 e. The molecule has 0 fully saturated rings. The molecule has 2 aromatic rings. The highest BCUT2D eigenvalue weighted by atomic mass is 35.5. The summed E-state index contributed by atoms with van der Waals surface area (Å²) >= 11 is 6.53. The Morgan fingerprint density at radius 1 is 1.12 bits per heavy atom. The van der Waals surface area contributed by atoms with Crippen molar-refractivity contribution in [2.24, 2.45) is 0 Å². The fourth-order valence-corrected chi connectivity index (χ4v) is 2.83. The zero-order chi connectivity index (χ0) is 12.7. The van der Waals surface area contributed by atoms with Gasteiger partial charge in [0, 0.05) is 11.1 Å². The van der Waals surface area contributed by atoms with Crippen molar-refractivity contribution in [2.75, 3.05) is 0 Å². The highest BCUT2D eigenvalue weighted by Gasteiger charge is 2.15. The van der Waals surface area contributed by atoms with Crippen LogP contribution in [-0.2, 0) is 0 Å². The molecule has 2 heteroatoms. The number of nitrogens with zero attached hydrogens (tertiary/aromatic N) is 1. The maximum atomic E-state index is 6.53. The van der Waals surface area contributed by atoms with E-state index < -0.39 is 0 Å². The molecular formula is C15H18ClN. The predicted molar refractivity (Wildman–Crippen MR) is 75.1 cm³/mol. The van der Waals surface area contributed by atoms with Crippen molar-refractivity contribution in [3.63, 3.8) is 0 Å². The van der Waals surface area contributed by atoms with E-state index >= 15 is 0 Å². The number of aryl methyl sites for hydroxylation is 3. The monoisotopic (exact) mass is 247 g/mol. The Morgan fingerprint density at radius 2 is 1.76 bits per heavy atom. The minimum Gasteiger partial charge on any atom is -0.252 e. The number of hydrogen-bond donors (Lipinski definition) is 0. The maximum absolute atomic E-state index is 6.53. The van der Waals surface area contributed by atoms with Crippen LogP contribution in [0.1, 0.15) is 42.1 Å². The molecule has 1 aromatic heterocycles. The van der Waals surface area contributed by atoms with Crippen LogP contribution in [0.15, 0.2) is 12.1 Å². The summed E-state index contributed by atoms with van der Waals surface area (Å²) in [5, 5.41) is 1.94. The zero-order valence-corrected chi connectivity index (χ0v) is 11.8. The molecule has 0 bridgehead atoms. The van der Waals surface area contributed by atoms with Crippen LogP contribution in [0.25, 0.3) is 10.9 Å². The normalized spacial score (nSPS) is 11.5. The first-order valence-corrected chi connectivity index (χ1v) is 6.37. The van der Waals surface area contributed by atoms with Crippen LogP contribution in [0.5, 0.6) is 0 Å². The molecule has 0 aliphatic carbocycles. The van der Waals surface area contributed by atoms with Crippen LogP contribution < -0.4 is 0 Å². The van der Waals surface area contributed by atoms with Gasteiger partial charge >= 0.3 is 0 Å². The van der Waals surface area contributed by atoms with E-state index in [-0.39, 0.29) is 0 Å². The molecule has 0 saturated carbocycles. The molecule has 0 aliphatic rings. The Bertz CT molecular complexity index is 585. The molecule has 0 spiro atoms. The smallest absolute Gasteiger partial charge is 0.0752 e. The molecule has 1 heterocycles. The van der Waals surface area contributed by atoms with Crippen molar-refractivity contribution in [3.05, 3.63) is 39.5 Å². The van der Waals surface area contributed by atoms with Gasteiger partial charge in [-0.1, -0.05) is 37.6 Å². The van der Waals surface area contributed by atoms with Crippen LogP contribution >= 0.6 is 11.6 Å². The molecule has 1 aromatic carbocycles. The van der Waals surface area contributed by atoms with Gasteiger partial charge in [0.15, 0.2) is 0 Å². The summed E-state index contributed by atoms with van der Waals surface area (Å²) in [5.74, 6) is 0.404. The lowest BCUT2D eigenvalue weighted by molar-refractivity contribution is 0.848. The average Bonchev–Trinajstić information content (AvgIpc) is 2.23. The Hall–Kier alpha value is -1.08. The second kappa shape index (κ2) is 4.30. The summed E-state index contributed by atoms with van der Waals surface area (Å²) in [6, 6.07) is 4.20. The van der Waals surface area contributed by atoms with E-state index in [2.05, 4.69) is 39.8 Å². The van der Waals surface area contributed by atoms with E-state index in [1.165, 1.54) is 16.7 Å². The van der Waals surface area contributed by atoms with Crippen LogP contribution in [-0.4, -0.2) is 4.98 Å². The fraction of sp³-hybridized carbons (Fsp3) is 0.400. The van der Waals surface area contributed by atoms with Crippen LogP contribution in [0.3, 0.4) is 0 Å². The molecule has 0 aliphatic heterocycles. The van der Waals surface area contributed by atoms with E-state index in [4.69, 9.17) is 16.6 Å². The first-order chi connectivity index (χ1) is 7.93. The Kier molecular flexibility index (Phi) is 3.13. The fourth-order valence-electron chi connectivity index (χ4n) is 2.33. The Labute approximate surface area is 108 Å². The number of fused-ring (bicyclic) bond motifs is 1. The number of halogens is 1. The molecule has 90 valence electrons. The minimum atomic E-state index is 0.404. The second-order valence-corrected chi connectivity index (χ2v) is 5.36. The van der Waals surface area contributed by atoms with Crippen molar-refractivity contribution < 1.29 is 0 Å². The number of aromatic nitrogens is 1. The SMILES string of the molecule is Cc1ccc2c(Cl)c(C(C)C)c(C)nc2c1C. The average molecular weight is 248 g/mol. The third-order valence-electron chi connectivity index (χ3n) is 3.42. The number of rotatable bonds is 1. The summed E-state index contributed by atoms with van der Waals surface area (Å²) in [7, 11) is 0. The van der Waals surface area contributed by atoms with Gasteiger partial charge in [0.05, 0.1) is 10.5 Å². The first-order valence-electron chi connectivity index (χ1n) is 5.99. The zero-order valence-electron chi connectivity index (χ0n) is 11.1. The third-order valence-corrected chi connectivity index (χ3v) is 3.83. The topological polar surface area (TPSA) is 12.9 Å². The highest BCUT2D eigenvalue weighted by molar-refractivity contribution is 6.36. The molecular weight excluding hydrogens is 230 g/mol. The molecule has 0 saturated heterocycles. The van der Waals surface area contributed by atoms with Crippen molar-refractivity contribution in [1.29, 1.82) is 0 Å². The lowest BCUT2D eigenvalue weighted by Gasteiger charge is -2.15. The van der Waals surface area contributed by atoms with E-state index in [1.54, 1.807) is 0 Å². The molecule has 0 unspecified atom stereocenters. The lowest BCUT2D eigenvalue weighted by Crippen LogP contribution is -1.99. The van der Waals surface area contributed by atoms with Crippen LogP contribution in [0, 0.1) is 20.8 Å². The summed E-state index contributed by atoms with van der Waals surface area (Å²) in [5.41, 5.74) is 5.74. The number of hydrogen-bond acceptors (Lipinski definition) is 1. The van der Waals surface area contributed by atoms with Crippen molar-refractivity contribution >= 4 is 22.5 Å². The quantitative estimate of drug-likeness (QED) is 0.696. The van der Waals surface area contributed by atoms with Gasteiger partial charge in [-0.2, -0.15) is 0 Å². The Balaban J connectivity index is 2.91. The van der Waals surface area contributed by atoms with Gasteiger partial charge in [0.1, 0.15) is 0 Å². The lowest BCUT2D eigenvalue weighted by atomic mass is 9.97. The molecule has 0 atom stereocenters. The standard InChI is InChI=1S/C15H18ClN/c1-8(2)13-11(5)17-15-10(4)9(3)6-7-12(15)14(13)16/h6-8H,1-5H3. The van der Waals surface area contributed by atoms with Gasteiger partial charge in [0.2, 0.25) is 0 Å². The Morgan fingerprint density at radius 3 is 2.35 bits per heavy atom. The van der Waals surface area contributed by atoms with E-state index in [1.807, 2.05) is 6.92 Å². The molecule has 0 radical (unpaired) electrons. The van der Waals surface area contributed by atoms with Gasteiger partial charge < -0.3 is 0 Å². The summed E-state index contributed by atoms with van der Waals surface area (Å²) < 4.78 is 0. The molecule has 1 nitrogen and oxygen atoms in total. The third kappa shape index (κ3) is 1.93. The summed E-state index contributed by atoms with van der Waals surface area (Å²) in [4.78, 5) is 4.73. The van der Waals surface area contributed by atoms with Gasteiger partial charge in [-0.05, 0) is 43.4 Å². The second-order valence-electron chi connectivity index (χ2n) is 4.98. The van der Waals surface area contributed by atoms with E-state index in [0.717, 1.165) is 21.6 Å². The van der Waals surface area contributed by atoms with E-state index in [0.29, 0.717) is 5.92 Å². The number of benzene rings is 1. The molecule has 2 rings (SSSR count). The molecule has 0 N–H and O–H groups in total. The van der Waals surface area contributed by atoms with Gasteiger partial charge in [-0.25, -0.2) is 0 Å². The van der Waals surface area contributed by atoms with Crippen LogP contribution in [0.2, 0.25) is 5.02 Å². The molecule has 0 amide bonds. The van der Waals surface area contributed by atoms with Gasteiger partial charge in [0.25, 0.3) is 0 Å². The summed E-state index contributed by atoms with van der Waals surface area (Å²) in [6.07, 6.45) is 0. The van der Waals surface area contributed by atoms with Crippen molar-refractivity contribution in [2.45, 2.75) is 40.5 Å². The number of pyridine rings is 1. The van der Waals surface area contributed by atoms with Crippen molar-refractivity contribution in [1.82, 2.24) is 4.98 Å². The van der Waals surface area contributed by atoms with Gasteiger partial charge in [-0.3, -0.25) is 4.98 Å². The van der Waals surface area contributed by atoms with Crippen LogP contribution in [0.4, 0.5) is 0 Å². The van der Waals surface area contributed by atoms with E-state index in [9.17, 15) is 0 Å². The minimum absolute atomic E-state index is 0.404. The summed E-state index contributed by atoms with van der Waals surface area (Å²) in [6.45, 7) is 10.6. The maximum Gasteiger partial charge on any atom is 0.0752 e. The van der Waals surface area contributed by atoms with Gasteiger partial charge in [-0.15, -0.1) is 0 Å². The highest BCUT2D eigenvalue weighted by Crippen LogP contribution is 2.34.